The number of nitrogens with zero attached hydrogens (tertiary/aromatic N) is 1. The van der Waals surface area contributed by atoms with Crippen LogP contribution in [0.15, 0.2) is 70.5 Å². The molecule has 0 saturated carbocycles. The number of carbonyl (C=O) groups is 1. The molecule has 0 aliphatic heterocycles. The Morgan fingerprint density at radius 3 is 2.14 bits per heavy atom. The molecule has 0 heterocycles. The molecule has 194 valence electrons. The fourth-order valence-corrected chi connectivity index (χ4v) is 6.39. The summed E-state index contributed by atoms with van der Waals surface area (Å²) in [5.41, 5.74) is -0.328. The summed E-state index contributed by atoms with van der Waals surface area (Å²) in [6, 6.07) is 16.1. The van der Waals surface area contributed by atoms with E-state index in [1.54, 1.807) is 43.3 Å². The van der Waals surface area contributed by atoms with Crippen LogP contribution in [0.3, 0.4) is 0 Å². The first-order valence-electron chi connectivity index (χ1n) is 11.1. The zero-order chi connectivity index (χ0) is 26.7. The van der Waals surface area contributed by atoms with Crippen LogP contribution in [0.4, 0.5) is 5.69 Å². The van der Waals surface area contributed by atoms with Crippen LogP contribution in [0, 0.1) is 6.92 Å². The molecule has 9 nitrogen and oxygen atoms in total. The summed E-state index contributed by atoms with van der Waals surface area (Å²) in [6.45, 7) is 2.55. The van der Waals surface area contributed by atoms with Crippen molar-refractivity contribution in [2.75, 3.05) is 32.7 Å². The van der Waals surface area contributed by atoms with E-state index in [2.05, 4.69) is 4.72 Å². The molecule has 0 aliphatic carbocycles. The number of nitrogens with one attached hydrogen (secondary N) is 1. The van der Waals surface area contributed by atoms with Gasteiger partial charge in [-0.3, -0.25) is 4.18 Å². The lowest BCUT2D eigenvalue weighted by Gasteiger charge is -2.30. The molecule has 0 amide bonds. The van der Waals surface area contributed by atoms with Crippen molar-refractivity contribution in [3.05, 3.63) is 66.2 Å². The van der Waals surface area contributed by atoms with E-state index in [0.29, 0.717) is 10.8 Å². The highest BCUT2D eigenvalue weighted by Crippen LogP contribution is 2.31. The topological polar surface area (TPSA) is 119 Å². The number of hydrogen-bond acceptors (Lipinski definition) is 8. The van der Waals surface area contributed by atoms with Crippen molar-refractivity contribution in [3.8, 4) is 0 Å². The number of ether oxygens (including phenoxy) is 1. The van der Waals surface area contributed by atoms with Gasteiger partial charge in [0.2, 0.25) is 10.0 Å². The van der Waals surface area contributed by atoms with Gasteiger partial charge in [0.15, 0.2) is 5.54 Å². The highest BCUT2D eigenvalue weighted by atomic mass is 32.2. The molecule has 0 radical (unpaired) electrons. The highest BCUT2D eigenvalue weighted by molar-refractivity contribution is 7.89. The maximum absolute atomic E-state index is 13.6. The SMILES string of the molecule is CCC(COS(=O)(=O)c1ccc(C)cc1)(NS(=O)(=O)c1cccc2c(N(C)C)cccc12)C(=O)OC. The Morgan fingerprint density at radius 1 is 0.944 bits per heavy atom. The van der Waals surface area contributed by atoms with Gasteiger partial charge in [0, 0.05) is 30.6 Å². The van der Waals surface area contributed by atoms with Crippen molar-refractivity contribution >= 4 is 42.6 Å². The Kier molecular flexibility index (Phi) is 8.09. The zero-order valence-corrected chi connectivity index (χ0v) is 22.4. The van der Waals surface area contributed by atoms with Gasteiger partial charge in [0.25, 0.3) is 10.1 Å². The second-order valence-corrected chi connectivity index (χ2v) is 11.9. The van der Waals surface area contributed by atoms with Crippen molar-refractivity contribution in [3.63, 3.8) is 0 Å². The van der Waals surface area contributed by atoms with Gasteiger partial charge in [-0.1, -0.05) is 48.9 Å². The summed E-state index contributed by atoms with van der Waals surface area (Å²) in [4.78, 5) is 14.5. The number of esters is 1. The molecule has 11 heteroatoms. The largest absolute Gasteiger partial charge is 0.468 e. The molecule has 0 fully saturated rings. The van der Waals surface area contributed by atoms with Gasteiger partial charge < -0.3 is 9.64 Å². The molecule has 0 spiro atoms. The molecular formula is C25H30N2O7S2. The average molecular weight is 535 g/mol. The van der Waals surface area contributed by atoms with Crippen molar-refractivity contribution < 1.29 is 30.6 Å². The number of benzene rings is 3. The minimum absolute atomic E-state index is 0.0631. The van der Waals surface area contributed by atoms with Crippen LogP contribution >= 0.6 is 0 Å². The van der Waals surface area contributed by atoms with E-state index in [-0.39, 0.29) is 16.2 Å². The number of carbonyl (C=O) groups excluding carboxylic acids is 1. The van der Waals surface area contributed by atoms with Gasteiger partial charge in [0.1, 0.15) is 0 Å². The molecule has 1 atom stereocenters. The number of hydrogen-bond donors (Lipinski definition) is 1. The van der Waals surface area contributed by atoms with E-state index in [4.69, 9.17) is 8.92 Å². The summed E-state index contributed by atoms with van der Waals surface area (Å²) in [5.74, 6) is -0.970. The average Bonchev–Trinajstić information content (AvgIpc) is 2.85. The normalized spacial score (nSPS) is 13.8. The summed E-state index contributed by atoms with van der Waals surface area (Å²) in [6.07, 6.45) is -0.129. The molecule has 0 bridgehead atoms. The Labute approximate surface area is 212 Å². The van der Waals surface area contributed by atoms with Gasteiger partial charge in [-0.25, -0.2) is 13.2 Å². The van der Waals surface area contributed by atoms with E-state index in [1.165, 1.54) is 25.1 Å². The molecule has 0 aliphatic rings. The minimum Gasteiger partial charge on any atom is -0.468 e. The summed E-state index contributed by atoms with van der Waals surface area (Å²) in [5, 5.41) is 1.14. The van der Waals surface area contributed by atoms with Crippen LogP contribution in [0.25, 0.3) is 10.8 Å². The molecule has 0 aromatic heterocycles. The van der Waals surface area contributed by atoms with Crippen LogP contribution in [0.5, 0.6) is 0 Å². The van der Waals surface area contributed by atoms with Crippen molar-refractivity contribution in [2.24, 2.45) is 0 Å². The van der Waals surface area contributed by atoms with Crippen LogP contribution in [0.1, 0.15) is 18.9 Å². The van der Waals surface area contributed by atoms with E-state index in [1.807, 2.05) is 25.1 Å². The molecule has 1 N–H and O–H groups in total. The number of rotatable bonds is 10. The van der Waals surface area contributed by atoms with E-state index < -0.39 is 38.3 Å². The van der Waals surface area contributed by atoms with Gasteiger partial charge in [-0.15, -0.1) is 0 Å². The smallest absolute Gasteiger partial charge is 0.329 e. The minimum atomic E-state index is -4.34. The molecule has 3 rings (SSSR count). The second kappa shape index (κ2) is 10.6. The third-order valence-electron chi connectivity index (χ3n) is 5.91. The Hall–Kier alpha value is -2.99. The molecule has 1 unspecified atom stereocenters. The number of aryl methyl sites for hydroxylation is 1. The van der Waals surface area contributed by atoms with Crippen LogP contribution in [0.2, 0.25) is 0 Å². The monoisotopic (exact) mass is 534 g/mol. The van der Waals surface area contributed by atoms with E-state index >= 15 is 0 Å². The third-order valence-corrected chi connectivity index (χ3v) is 8.78. The van der Waals surface area contributed by atoms with Gasteiger partial charge in [-0.05, 0) is 37.6 Å². The van der Waals surface area contributed by atoms with E-state index in [0.717, 1.165) is 18.4 Å². The van der Waals surface area contributed by atoms with Crippen LogP contribution in [-0.2, 0) is 33.9 Å². The molecule has 0 saturated heterocycles. The lowest BCUT2D eigenvalue weighted by atomic mass is 9.99. The molecule has 36 heavy (non-hydrogen) atoms. The lowest BCUT2D eigenvalue weighted by Crippen LogP contribution is -2.58. The predicted molar refractivity (Wildman–Crippen MR) is 138 cm³/mol. The Morgan fingerprint density at radius 2 is 1.56 bits per heavy atom. The Bertz CT molecular complexity index is 1470. The quantitative estimate of drug-likeness (QED) is 0.311. The van der Waals surface area contributed by atoms with Gasteiger partial charge in [0.05, 0.1) is 23.5 Å². The summed E-state index contributed by atoms with van der Waals surface area (Å²) in [7, 11) is -3.83. The van der Waals surface area contributed by atoms with E-state index in [9.17, 15) is 21.6 Å². The highest BCUT2D eigenvalue weighted by Gasteiger charge is 2.44. The predicted octanol–water partition coefficient (Wildman–Crippen LogP) is 3.22. The summed E-state index contributed by atoms with van der Waals surface area (Å²) >= 11 is 0. The first-order chi connectivity index (χ1) is 16.9. The maximum Gasteiger partial charge on any atom is 0.329 e. The zero-order valence-electron chi connectivity index (χ0n) is 20.8. The molecular weight excluding hydrogens is 504 g/mol. The Balaban J connectivity index is 2.03. The summed E-state index contributed by atoms with van der Waals surface area (Å²) < 4.78 is 65.2. The van der Waals surface area contributed by atoms with Crippen molar-refractivity contribution in [2.45, 2.75) is 35.6 Å². The third kappa shape index (κ3) is 5.54. The van der Waals surface area contributed by atoms with Gasteiger partial charge in [-0.2, -0.15) is 13.1 Å². The maximum atomic E-state index is 13.6. The van der Waals surface area contributed by atoms with Crippen molar-refractivity contribution in [1.82, 2.24) is 4.72 Å². The standard InChI is InChI=1S/C25H30N2O7S2/c1-6-25(24(28)33-5,17-34-36(31,32)19-15-13-18(2)14-16-19)26-35(29,30)23-12-8-9-20-21(23)10-7-11-22(20)27(3)4/h7-16,26H,6,17H2,1-5H3. The van der Waals surface area contributed by atoms with Crippen LogP contribution < -0.4 is 9.62 Å². The van der Waals surface area contributed by atoms with Crippen molar-refractivity contribution in [1.29, 1.82) is 0 Å². The van der Waals surface area contributed by atoms with Crippen LogP contribution in [-0.4, -0.2) is 56.2 Å². The molecule has 3 aromatic rings. The number of anilines is 1. The first-order valence-corrected chi connectivity index (χ1v) is 14.0. The van der Waals surface area contributed by atoms with Gasteiger partial charge >= 0.3 is 5.97 Å². The number of fused-ring (bicyclic) bond motifs is 1. The lowest BCUT2D eigenvalue weighted by molar-refractivity contribution is -0.149. The fourth-order valence-electron chi connectivity index (χ4n) is 3.80. The number of methoxy groups -OCH3 is 1. The number of sulfonamides is 1. The first kappa shape index (κ1) is 27.6. The molecule has 3 aromatic carbocycles. The fraction of sp³-hybridized carbons (Fsp3) is 0.320. The second-order valence-electron chi connectivity index (χ2n) is 8.58.